The Kier molecular flexibility index (Phi) is 18.7. The average Bonchev–Trinajstić information content (AvgIpc) is 3.32. The number of aromatic carboxylic acids is 12. The minimum absolute atomic E-state index is 0.120. The SMILES string of the molecule is CCCCCCOC(=O)c1c(C(=O)O)c(C(=O)O)c(C(=O)OC(=O)c2c(C(=O)O)c(C(=O)O)c(C(=O)O)c(C(=O)O)c2C(=O)O)c(C(=O)OC(=O)c2c(C(=O)O)c(C(=O)O)c(C(=O)O)c(C(=O)O)c2C(=O)O)c1C(=O)OCC. The second kappa shape index (κ2) is 24.0. The van der Waals surface area contributed by atoms with Crippen LogP contribution in [0.1, 0.15) is 226 Å². The predicted octanol–water partition coefficient (Wildman–Crippen LogP) is 1.97. The third kappa shape index (κ3) is 11.5. The highest BCUT2D eigenvalue weighted by molar-refractivity contribution is 6.29. The molecule has 0 heterocycles. The number of carboxylic acid groups (broad SMARTS) is 12. The van der Waals surface area contributed by atoms with E-state index in [1.165, 1.54) is 0 Å². The second-order valence-corrected chi connectivity index (χ2v) is 14.7. The van der Waals surface area contributed by atoms with Crippen LogP contribution in [0, 0.1) is 0 Å². The van der Waals surface area contributed by atoms with E-state index in [1.54, 1.807) is 6.92 Å². The predicted molar refractivity (Wildman–Crippen MR) is 233 cm³/mol. The lowest BCUT2D eigenvalue weighted by molar-refractivity contribution is 0.0341. The van der Waals surface area contributed by atoms with Crippen molar-refractivity contribution in [1.82, 2.24) is 0 Å². The Morgan fingerprint density at radius 2 is 0.423 bits per heavy atom. The molecule has 0 radical (unpaired) electrons. The second-order valence-electron chi connectivity index (χ2n) is 14.7. The third-order valence-corrected chi connectivity index (χ3v) is 10.2. The largest absolute Gasteiger partial charge is 0.478 e. The highest BCUT2D eigenvalue weighted by atomic mass is 16.6. The minimum Gasteiger partial charge on any atom is -0.478 e. The molecular formula is C44H30O34. The number of carbonyl (C=O) groups is 18. The summed E-state index contributed by atoms with van der Waals surface area (Å²) in [7, 11) is 0. The molecule has 34 heteroatoms. The van der Waals surface area contributed by atoms with Crippen LogP contribution in [0.4, 0.5) is 0 Å². The number of ether oxygens (including phenoxy) is 4. The van der Waals surface area contributed by atoms with Gasteiger partial charge in [-0.25, -0.2) is 86.3 Å². The number of esters is 6. The van der Waals surface area contributed by atoms with Crippen molar-refractivity contribution >= 4 is 107 Å². The number of carbonyl (C=O) groups excluding carboxylic acids is 6. The molecule has 0 unspecified atom stereocenters. The summed E-state index contributed by atoms with van der Waals surface area (Å²) in [5.74, 6) is -50.2. The van der Waals surface area contributed by atoms with E-state index in [1.807, 2.05) is 0 Å². The summed E-state index contributed by atoms with van der Waals surface area (Å²) in [6.07, 6.45) is 1.07. The number of carboxylic acids is 12. The Balaban J connectivity index is 2.85. The van der Waals surface area contributed by atoms with Crippen molar-refractivity contribution in [3.05, 3.63) is 100 Å². The van der Waals surface area contributed by atoms with Crippen molar-refractivity contribution in [2.24, 2.45) is 0 Å². The zero-order valence-corrected chi connectivity index (χ0v) is 38.6. The van der Waals surface area contributed by atoms with Gasteiger partial charge in [0, 0.05) is 0 Å². The molecule has 0 aliphatic rings. The van der Waals surface area contributed by atoms with E-state index in [0.717, 1.165) is 6.92 Å². The van der Waals surface area contributed by atoms with Crippen LogP contribution in [0.5, 0.6) is 0 Å². The van der Waals surface area contributed by atoms with Gasteiger partial charge in [0.1, 0.15) is 0 Å². The highest BCUT2D eigenvalue weighted by Crippen LogP contribution is 2.36. The third-order valence-electron chi connectivity index (χ3n) is 10.2. The van der Waals surface area contributed by atoms with Gasteiger partial charge in [0.05, 0.1) is 113 Å². The first-order valence-electron chi connectivity index (χ1n) is 20.6. The van der Waals surface area contributed by atoms with Gasteiger partial charge >= 0.3 is 107 Å². The van der Waals surface area contributed by atoms with Gasteiger partial charge in [0.15, 0.2) is 0 Å². The zero-order chi connectivity index (χ0) is 59.9. The fourth-order valence-electron chi connectivity index (χ4n) is 7.38. The van der Waals surface area contributed by atoms with Crippen LogP contribution >= 0.6 is 0 Å². The summed E-state index contributed by atoms with van der Waals surface area (Å²) in [5, 5.41) is 120. The molecule has 410 valence electrons. The quantitative estimate of drug-likeness (QED) is 0.0264. The fourth-order valence-corrected chi connectivity index (χ4v) is 7.38. The topological polar surface area (TPSA) is 587 Å². The zero-order valence-electron chi connectivity index (χ0n) is 38.6. The fraction of sp³-hybridized carbons (Fsp3) is 0.182. The van der Waals surface area contributed by atoms with E-state index in [-0.39, 0.29) is 12.8 Å². The maximum absolute atomic E-state index is 14.6. The van der Waals surface area contributed by atoms with Crippen molar-refractivity contribution < 1.29 is 167 Å². The lowest BCUT2D eigenvalue weighted by Crippen LogP contribution is -2.33. The standard InChI is InChI=1S/C44H30O34/c1-3-5-6-7-8-76-40(70)23-19(37(65)66)20(38(67)68)24(43(73)77-41(71)21-15(33(57)58)11(29(49)50)9(27(45)46)12(30(51)52)16(21)34(59)60)26(25(23)39(69)75-4-2)44(74)78-42(72)22-17(35(61)62)13(31(53)54)10(28(47)48)14(32(55)56)18(22)36(63)64/h3-8H2,1-2H3,(H,45,46)(H,47,48)(H,49,50)(H,51,52)(H,53,54)(H,55,56)(H,57,58)(H,59,60)(H,61,62)(H,63,64)(H,65,66)(H,67,68). The molecule has 3 aromatic carbocycles. The van der Waals surface area contributed by atoms with E-state index in [9.17, 15) is 148 Å². The van der Waals surface area contributed by atoms with E-state index in [0.29, 0.717) is 12.8 Å². The van der Waals surface area contributed by atoms with E-state index >= 15 is 0 Å². The van der Waals surface area contributed by atoms with Crippen LogP contribution < -0.4 is 0 Å². The van der Waals surface area contributed by atoms with E-state index in [2.05, 4.69) is 9.47 Å². The smallest absolute Gasteiger partial charge is 0.347 e. The molecular weight excluding hydrogens is 1070 g/mol. The van der Waals surface area contributed by atoms with Crippen LogP contribution in [0.3, 0.4) is 0 Å². The molecule has 0 atom stereocenters. The lowest BCUT2D eigenvalue weighted by atomic mass is 9.85. The molecule has 78 heavy (non-hydrogen) atoms. The Hall–Kier alpha value is -11.5. The molecule has 0 bridgehead atoms. The molecule has 0 fully saturated rings. The Morgan fingerprint density at radius 1 is 0.244 bits per heavy atom. The summed E-state index contributed by atoms with van der Waals surface area (Å²) in [6, 6.07) is 0. The first kappa shape index (κ1) is 60.8. The van der Waals surface area contributed by atoms with Crippen molar-refractivity contribution in [1.29, 1.82) is 0 Å². The summed E-state index contributed by atoms with van der Waals surface area (Å²) in [5.41, 5.74) is -41.3. The van der Waals surface area contributed by atoms with Gasteiger partial charge < -0.3 is 80.2 Å². The number of hydrogen-bond acceptors (Lipinski definition) is 22. The van der Waals surface area contributed by atoms with Crippen LogP contribution in [0.15, 0.2) is 0 Å². The van der Waals surface area contributed by atoms with Gasteiger partial charge in [-0.05, 0) is 13.3 Å². The maximum Gasteiger partial charge on any atom is 0.347 e. The molecule has 0 saturated carbocycles. The molecule has 0 aliphatic heterocycles. The summed E-state index contributed by atoms with van der Waals surface area (Å²) in [6.45, 7) is 0.855. The average molecular weight is 1100 g/mol. The van der Waals surface area contributed by atoms with E-state index in [4.69, 9.17) is 9.47 Å². The number of hydrogen-bond donors (Lipinski definition) is 12. The highest BCUT2D eigenvalue weighted by Gasteiger charge is 2.47. The van der Waals surface area contributed by atoms with Crippen LogP contribution in [-0.2, 0) is 18.9 Å². The molecule has 0 spiro atoms. The van der Waals surface area contributed by atoms with Gasteiger partial charge in [0.2, 0.25) is 0 Å². The van der Waals surface area contributed by atoms with Crippen molar-refractivity contribution in [2.75, 3.05) is 13.2 Å². The molecule has 12 N–H and O–H groups in total. The summed E-state index contributed by atoms with van der Waals surface area (Å²) >= 11 is 0. The Morgan fingerprint density at radius 3 is 0.641 bits per heavy atom. The van der Waals surface area contributed by atoms with Gasteiger partial charge in [0.25, 0.3) is 0 Å². The molecule has 0 amide bonds. The molecule has 0 aliphatic carbocycles. The minimum atomic E-state index is -3.09. The first-order valence-corrected chi connectivity index (χ1v) is 20.6. The van der Waals surface area contributed by atoms with E-state index < -0.39 is 221 Å². The molecule has 0 aromatic heterocycles. The summed E-state index contributed by atoms with van der Waals surface area (Å²) < 4.78 is 18.6. The van der Waals surface area contributed by atoms with Crippen LogP contribution in [0.2, 0.25) is 0 Å². The molecule has 3 rings (SSSR count). The molecule has 3 aromatic rings. The number of unbranched alkanes of at least 4 members (excludes halogenated alkanes) is 3. The Labute approximate surface area is 426 Å². The van der Waals surface area contributed by atoms with Gasteiger partial charge in [-0.2, -0.15) is 0 Å². The number of rotatable bonds is 24. The lowest BCUT2D eigenvalue weighted by Gasteiger charge is -2.21. The van der Waals surface area contributed by atoms with Gasteiger partial charge in [-0.3, -0.25) is 0 Å². The first-order chi connectivity index (χ1) is 36.2. The normalized spacial score (nSPS) is 10.5. The monoisotopic (exact) mass is 1100 g/mol. The summed E-state index contributed by atoms with van der Waals surface area (Å²) in [4.78, 5) is 236. The van der Waals surface area contributed by atoms with Crippen molar-refractivity contribution in [3.63, 3.8) is 0 Å². The number of benzene rings is 3. The van der Waals surface area contributed by atoms with Gasteiger partial charge in [-0.15, -0.1) is 0 Å². The van der Waals surface area contributed by atoms with Crippen LogP contribution in [0.25, 0.3) is 0 Å². The molecule has 34 nitrogen and oxygen atoms in total. The Bertz CT molecular complexity index is 3240. The maximum atomic E-state index is 14.6. The molecule has 0 saturated heterocycles. The van der Waals surface area contributed by atoms with Gasteiger partial charge in [-0.1, -0.05) is 26.2 Å². The van der Waals surface area contributed by atoms with Crippen molar-refractivity contribution in [2.45, 2.75) is 39.5 Å². The van der Waals surface area contributed by atoms with Crippen molar-refractivity contribution in [3.8, 4) is 0 Å². The van der Waals surface area contributed by atoms with Crippen LogP contribution in [-0.4, -0.2) is 182 Å².